The number of nitrogens with zero attached hydrogens (tertiary/aromatic N) is 3. The van der Waals surface area contributed by atoms with E-state index in [1.54, 1.807) is 12.1 Å². The van der Waals surface area contributed by atoms with Gasteiger partial charge in [-0.2, -0.15) is 0 Å². The maximum Gasteiger partial charge on any atom is 0.165 e. The molecule has 1 aliphatic heterocycles. The lowest BCUT2D eigenvalue weighted by Gasteiger charge is -2.19. The summed E-state index contributed by atoms with van der Waals surface area (Å²) in [5, 5.41) is 0. The van der Waals surface area contributed by atoms with Crippen LogP contribution in [-0.4, -0.2) is 34.1 Å². The molecule has 134 valence electrons. The molecule has 2 aromatic carbocycles. The van der Waals surface area contributed by atoms with Gasteiger partial charge in [0.05, 0.1) is 24.2 Å². The lowest BCUT2D eigenvalue weighted by atomic mass is 10.2. The van der Waals surface area contributed by atoms with E-state index in [4.69, 9.17) is 9.72 Å². The first-order valence-electron chi connectivity index (χ1n) is 9.21. The predicted molar refractivity (Wildman–Crippen MR) is 98.4 cm³/mol. The van der Waals surface area contributed by atoms with Crippen molar-refractivity contribution in [1.29, 1.82) is 0 Å². The summed E-state index contributed by atoms with van der Waals surface area (Å²) in [5.74, 6) is 3.13. The van der Waals surface area contributed by atoms with Gasteiger partial charge < -0.3 is 9.30 Å². The number of para-hydroxylation sites is 3. The van der Waals surface area contributed by atoms with Crippen LogP contribution in [0.15, 0.2) is 48.5 Å². The number of hydrogen-bond acceptors (Lipinski definition) is 3. The average Bonchev–Trinajstić information content (AvgIpc) is 2.98. The maximum atomic E-state index is 13.6. The van der Waals surface area contributed by atoms with E-state index in [0.29, 0.717) is 30.1 Å². The minimum atomic E-state index is -0.276. The zero-order valence-electron chi connectivity index (χ0n) is 14.8. The van der Waals surface area contributed by atoms with Crippen LogP contribution in [0.5, 0.6) is 5.75 Å². The molecule has 1 saturated carbocycles. The fourth-order valence-electron chi connectivity index (χ4n) is 4.40. The van der Waals surface area contributed by atoms with Gasteiger partial charge in [-0.25, -0.2) is 9.37 Å². The van der Waals surface area contributed by atoms with Gasteiger partial charge in [-0.1, -0.05) is 24.3 Å². The highest BCUT2D eigenvalue weighted by Gasteiger charge is 2.55. The van der Waals surface area contributed by atoms with Crippen LogP contribution in [0.4, 0.5) is 4.39 Å². The molecule has 1 aliphatic carbocycles. The Morgan fingerprint density at radius 1 is 1.08 bits per heavy atom. The highest BCUT2D eigenvalue weighted by molar-refractivity contribution is 5.75. The van der Waals surface area contributed by atoms with Crippen molar-refractivity contribution in [1.82, 2.24) is 14.5 Å². The third kappa shape index (κ3) is 2.67. The molecule has 0 spiro atoms. The standard InChI is InChI=1S/C21H22FN3O/c1-24-19-8-4-3-7-18(19)23-21(24)12-25-10-14-15(11-25)16(14)13-26-20-9-5-2-6-17(20)22/h2-9,14-16H,10-13H2,1H3. The third-order valence-corrected chi connectivity index (χ3v) is 5.96. The minimum absolute atomic E-state index is 0.276. The van der Waals surface area contributed by atoms with Crippen molar-refractivity contribution >= 4 is 11.0 Å². The number of piperidine rings is 1. The molecule has 0 amide bonds. The van der Waals surface area contributed by atoms with Crippen LogP contribution in [0, 0.1) is 23.6 Å². The van der Waals surface area contributed by atoms with E-state index in [1.165, 1.54) is 11.6 Å². The Balaban J connectivity index is 1.18. The monoisotopic (exact) mass is 351 g/mol. The van der Waals surface area contributed by atoms with Crippen LogP contribution < -0.4 is 4.74 Å². The summed E-state index contributed by atoms with van der Waals surface area (Å²) in [6.07, 6.45) is 0. The van der Waals surface area contributed by atoms with Crippen molar-refractivity contribution in [2.45, 2.75) is 6.54 Å². The summed E-state index contributed by atoms with van der Waals surface area (Å²) in [7, 11) is 2.09. The smallest absolute Gasteiger partial charge is 0.165 e. The number of fused-ring (bicyclic) bond motifs is 2. The van der Waals surface area contributed by atoms with Crippen molar-refractivity contribution in [2.75, 3.05) is 19.7 Å². The predicted octanol–water partition coefficient (Wildman–Crippen LogP) is 3.47. The molecule has 2 atom stereocenters. The van der Waals surface area contributed by atoms with Gasteiger partial charge in [-0.3, -0.25) is 4.90 Å². The topological polar surface area (TPSA) is 30.3 Å². The van der Waals surface area contributed by atoms with Crippen molar-refractivity contribution in [3.8, 4) is 5.75 Å². The van der Waals surface area contributed by atoms with Crippen LogP contribution in [-0.2, 0) is 13.6 Å². The van der Waals surface area contributed by atoms with Gasteiger partial charge in [0.25, 0.3) is 0 Å². The molecule has 2 fully saturated rings. The first kappa shape index (κ1) is 15.8. The first-order chi connectivity index (χ1) is 12.7. The lowest BCUT2D eigenvalue weighted by molar-refractivity contribution is 0.222. The molecule has 5 heteroatoms. The van der Waals surface area contributed by atoms with Gasteiger partial charge in [-0.15, -0.1) is 0 Å². The highest BCUT2D eigenvalue weighted by Crippen LogP contribution is 2.52. The van der Waals surface area contributed by atoms with Crippen molar-refractivity contribution in [2.24, 2.45) is 24.8 Å². The largest absolute Gasteiger partial charge is 0.490 e. The summed E-state index contributed by atoms with van der Waals surface area (Å²) in [6, 6.07) is 14.9. The Kier molecular flexibility index (Phi) is 3.71. The highest BCUT2D eigenvalue weighted by atomic mass is 19.1. The van der Waals surface area contributed by atoms with E-state index in [0.717, 1.165) is 31.0 Å². The number of likely N-dealkylation sites (tertiary alicyclic amines) is 1. The second-order valence-corrected chi connectivity index (χ2v) is 7.50. The molecule has 2 aliphatic rings. The summed E-state index contributed by atoms with van der Waals surface area (Å²) in [6.45, 7) is 3.67. The Morgan fingerprint density at radius 3 is 2.58 bits per heavy atom. The Bertz CT molecular complexity index is 941. The second-order valence-electron chi connectivity index (χ2n) is 7.50. The van der Waals surface area contributed by atoms with Crippen LogP contribution >= 0.6 is 0 Å². The van der Waals surface area contributed by atoms with Crippen molar-refractivity contribution in [3.05, 3.63) is 60.2 Å². The SMILES string of the molecule is Cn1c(CN2CC3C(COc4ccccc4F)C3C2)nc2ccccc21. The van der Waals surface area contributed by atoms with Crippen LogP contribution in [0.1, 0.15) is 5.82 Å². The first-order valence-corrected chi connectivity index (χ1v) is 9.21. The summed E-state index contributed by atoms with van der Waals surface area (Å²) < 4.78 is 21.5. The number of rotatable bonds is 5. The van der Waals surface area contributed by atoms with E-state index in [1.807, 2.05) is 12.1 Å². The summed E-state index contributed by atoms with van der Waals surface area (Å²) in [5.41, 5.74) is 2.24. The zero-order valence-corrected chi connectivity index (χ0v) is 14.8. The van der Waals surface area contributed by atoms with Gasteiger partial charge in [0.1, 0.15) is 5.82 Å². The van der Waals surface area contributed by atoms with E-state index < -0.39 is 0 Å². The van der Waals surface area contributed by atoms with Gasteiger partial charge in [0.15, 0.2) is 11.6 Å². The fourth-order valence-corrected chi connectivity index (χ4v) is 4.40. The van der Waals surface area contributed by atoms with Gasteiger partial charge in [0, 0.05) is 26.1 Å². The van der Waals surface area contributed by atoms with Gasteiger partial charge >= 0.3 is 0 Å². The van der Waals surface area contributed by atoms with Crippen molar-refractivity contribution < 1.29 is 9.13 Å². The third-order valence-electron chi connectivity index (χ3n) is 5.96. The molecule has 2 unspecified atom stereocenters. The number of benzene rings is 2. The molecule has 1 aromatic heterocycles. The number of halogens is 1. The number of aryl methyl sites for hydroxylation is 1. The number of hydrogen-bond donors (Lipinski definition) is 0. The normalized spacial score (nSPS) is 24.8. The number of aromatic nitrogens is 2. The summed E-state index contributed by atoms with van der Waals surface area (Å²) in [4.78, 5) is 7.26. The van der Waals surface area contributed by atoms with Crippen LogP contribution in [0.2, 0.25) is 0 Å². The molecule has 0 bridgehead atoms. The van der Waals surface area contributed by atoms with E-state index in [2.05, 4.69) is 34.7 Å². The van der Waals surface area contributed by atoms with Crippen molar-refractivity contribution in [3.63, 3.8) is 0 Å². The fraction of sp³-hybridized carbons (Fsp3) is 0.381. The maximum absolute atomic E-state index is 13.6. The Labute approximate surface area is 152 Å². The summed E-state index contributed by atoms with van der Waals surface area (Å²) >= 11 is 0. The molecule has 0 radical (unpaired) electrons. The number of ether oxygens (including phenoxy) is 1. The quantitative estimate of drug-likeness (QED) is 0.705. The van der Waals surface area contributed by atoms with E-state index in [9.17, 15) is 4.39 Å². The Hall–Kier alpha value is -2.40. The zero-order chi connectivity index (χ0) is 17.7. The molecule has 1 saturated heterocycles. The minimum Gasteiger partial charge on any atom is -0.490 e. The molecule has 26 heavy (non-hydrogen) atoms. The second kappa shape index (κ2) is 6.09. The van der Waals surface area contributed by atoms with E-state index >= 15 is 0 Å². The molecule has 5 rings (SSSR count). The molecular formula is C21H22FN3O. The van der Waals surface area contributed by atoms with E-state index in [-0.39, 0.29) is 5.82 Å². The van der Waals surface area contributed by atoms with Crippen LogP contribution in [0.3, 0.4) is 0 Å². The molecule has 3 aromatic rings. The average molecular weight is 351 g/mol. The van der Waals surface area contributed by atoms with Crippen LogP contribution in [0.25, 0.3) is 11.0 Å². The number of imidazole rings is 1. The lowest BCUT2D eigenvalue weighted by Crippen LogP contribution is -2.26. The molecule has 4 nitrogen and oxygen atoms in total. The Morgan fingerprint density at radius 2 is 1.81 bits per heavy atom. The van der Waals surface area contributed by atoms with Gasteiger partial charge in [0.2, 0.25) is 0 Å². The van der Waals surface area contributed by atoms with Gasteiger partial charge in [-0.05, 0) is 36.1 Å². The molecule has 2 heterocycles. The molecular weight excluding hydrogens is 329 g/mol. The molecule has 0 N–H and O–H groups in total.